The minimum Gasteiger partial charge on any atom is -0.497 e. The Kier molecular flexibility index (Phi) is 7.60. The normalized spacial score (nSPS) is 16.6. The summed E-state index contributed by atoms with van der Waals surface area (Å²) in [5.41, 5.74) is 1.20. The highest BCUT2D eigenvalue weighted by molar-refractivity contribution is 8.03. The zero-order valence-electron chi connectivity index (χ0n) is 14.5. The van der Waals surface area contributed by atoms with Gasteiger partial charge in [-0.1, -0.05) is 47.0 Å². The third-order valence-electron chi connectivity index (χ3n) is 3.79. The topological polar surface area (TPSA) is 73.3 Å². The van der Waals surface area contributed by atoms with Crippen LogP contribution in [0.3, 0.4) is 0 Å². The van der Waals surface area contributed by atoms with Crippen LogP contribution in [-0.2, 0) is 15.3 Å². The summed E-state index contributed by atoms with van der Waals surface area (Å²) < 4.78 is 12.4. The summed E-state index contributed by atoms with van der Waals surface area (Å²) in [5, 5.41) is 11.3. The maximum atomic E-state index is 11.9. The van der Waals surface area contributed by atoms with Gasteiger partial charge in [0.1, 0.15) is 5.75 Å². The number of hydrogen-bond acceptors (Lipinski definition) is 8. The van der Waals surface area contributed by atoms with Gasteiger partial charge in [0.2, 0.25) is 5.91 Å². The second kappa shape index (κ2) is 10.1. The molecule has 1 N–H and O–H groups in total. The van der Waals surface area contributed by atoms with Crippen LogP contribution in [0.15, 0.2) is 32.9 Å². The molecule has 1 atom stereocenters. The molecule has 1 aromatic carbocycles. The van der Waals surface area contributed by atoms with E-state index in [9.17, 15) is 4.79 Å². The van der Waals surface area contributed by atoms with Crippen molar-refractivity contribution in [1.29, 1.82) is 0 Å². The lowest BCUT2D eigenvalue weighted by Crippen LogP contribution is -2.32. The molecule has 6 nitrogen and oxygen atoms in total. The van der Waals surface area contributed by atoms with Crippen molar-refractivity contribution in [1.82, 2.24) is 15.5 Å². The lowest BCUT2D eigenvalue weighted by molar-refractivity contribution is -0.119. The number of carbonyl (C=O) groups excluding carboxylic acids is 1. The molecular formula is C17H21N3O3S3. The number of methoxy groups -OCH3 is 1. The number of thioether (sulfide) groups is 2. The Morgan fingerprint density at radius 1 is 1.31 bits per heavy atom. The number of benzene rings is 1. The summed E-state index contributed by atoms with van der Waals surface area (Å²) in [4.78, 5) is 11.9. The molecule has 1 amide bonds. The van der Waals surface area contributed by atoms with Crippen LogP contribution in [0, 0.1) is 0 Å². The fraction of sp³-hybridized carbons (Fsp3) is 0.471. The molecule has 9 heteroatoms. The Morgan fingerprint density at radius 2 is 2.08 bits per heavy atom. The molecule has 0 saturated carbocycles. The van der Waals surface area contributed by atoms with Gasteiger partial charge in [0.05, 0.1) is 19.0 Å². The number of hydrogen-bond donors (Lipinski definition) is 1. The average molecular weight is 412 g/mol. The first kappa shape index (κ1) is 19.5. The highest BCUT2D eigenvalue weighted by atomic mass is 32.2. The van der Waals surface area contributed by atoms with Crippen LogP contribution in [-0.4, -0.2) is 48.2 Å². The molecule has 1 aromatic heterocycles. The smallest absolute Gasteiger partial charge is 0.230 e. The largest absolute Gasteiger partial charge is 0.497 e. The molecule has 1 aliphatic rings. The number of rotatable bonds is 9. The van der Waals surface area contributed by atoms with Gasteiger partial charge >= 0.3 is 0 Å². The van der Waals surface area contributed by atoms with Crippen molar-refractivity contribution < 1.29 is 14.3 Å². The third-order valence-corrected chi connectivity index (χ3v) is 7.05. The summed E-state index contributed by atoms with van der Waals surface area (Å²) in [6.45, 7) is 1.40. The van der Waals surface area contributed by atoms with E-state index in [4.69, 9.17) is 9.47 Å². The van der Waals surface area contributed by atoms with E-state index in [1.807, 2.05) is 24.3 Å². The molecule has 1 fully saturated rings. The van der Waals surface area contributed by atoms with Gasteiger partial charge in [-0.05, 0) is 30.5 Å². The van der Waals surface area contributed by atoms with Crippen molar-refractivity contribution in [3.8, 4) is 5.75 Å². The van der Waals surface area contributed by atoms with Crippen LogP contribution in [0.5, 0.6) is 5.75 Å². The number of aromatic nitrogens is 2. The van der Waals surface area contributed by atoms with Crippen molar-refractivity contribution in [3.63, 3.8) is 0 Å². The van der Waals surface area contributed by atoms with Gasteiger partial charge in [0.15, 0.2) is 8.68 Å². The molecule has 0 radical (unpaired) electrons. The van der Waals surface area contributed by atoms with Gasteiger partial charge in [-0.2, -0.15) is 0 Å². The molecule has 0 aliphatic carbocycles. The molecule has 3 rings (SSSR count). The maximum Gasteiger partial charge on any atom is 0.230 e. The number of nitrogens with zero attached hydrogens (tertiary/aromatic N) is 2. The Morgan fingerprint density at radius 3 is 2.77 bits per heavy atom. The van der Waals surface area contributed by atoms with Crippen molar-refractivity contribution >= 4 is 40.8 Å². The van der Waals surface area contributed by atoms with Gasteiger partial charge < -0.3 is 14.8 Å². The minimum absolute atomic E-state index is 0.00753. The molecule has 1 aliphatic heterocycles. The van der Waals surface area contributed by atoms with Gasteiger partial charge in [-0.25, -0.2) is 0 Å². The third kappa shape index (κ3) is 6.15. The lowest BCUT2D eigenvalue weighted by Gasteiger charge is -2.09. The Bertz CT molecular complexity index is 703. The number of carbonyl (C=O) groups is 1. The monoisotopic (exact) mass is 411 g/mol. The zero-order valence-corrected chi connectivity index (χ0v) is 16.9. The fourth-order valence-corrected chi connectivity index (χ4v) is 5.20. The summed E-state index contributed by atoms with van der Waals surface area (Å²) in [6.07, 6.45) is 2.28. The van der Waals surface area contributed by atoms with E-state index < -0.39 is 0 Å². The maximum absolute atomic E-state index is 11.9. The minimum atomic E-state index is 0.00753. The van der Waals surface area contributed by atoms with Crippen molar-refractivity contribution in [3.05, 3.63) is 29.8 Å². The van der Waals surface area contributed by atoms with Gasteiger partial charge in [-0.15, -0.1) is 10.2 Å². The predicted molar refractivity (Wildman–Crippen MR) is 105 cm³/mol. The lowest BCUT2D eigenvalue weighted by atomic mass is 10.2. The van der Waals surface area contributed by atoms with Crippen LogP contribution in [0.25, 0.3) is 0 Å². The van der Waals surface area contributed by atoms with E-state index in [0.717, 1.165) is 39.6 Å². The molecule has 140 valence electrons. The molecular weight excluding hydrogens is 390 g/mol. The molecule has 1 saturated heterocycles. The zero-order chi connectivity index (χ0) is 18.2. The molecule has 0 spiro atoms. The van der Waals surface area contributed by atoms with Crippen molar-refractivity contribution in [2.45, 2.75) is 33.4 Å². The van der Waals surface area contributed by atoms with Crippen LogP contribution in [0.2, 0.25) is 0 Å². The first-order valence-corrected chi connectivity index (χ1v) is 11.1. The van der Waals surface area contributed by atoms with E-state index in [-0.39, 0.29) is 12.0 Å². The number of amides is 1. The second-order valence-electron chi connectivity index (χ2n) is 5.70. The molecule has 26 heavy (non-hydrogen) atoms. The molecule has 0 unspecified atom stereocenters. The summed E-state index contributed by atoms with van der Waals surface area (Å²) >= 11 is 4.58. The highest BCUT2D eigenvalue weighted by Crippen LogP contribution is 2.30. The molecule has 2 aromatic rings. The summed E-state index contributed by atoms with van der Waals surface area (Å²) in [5.74, 6) is 2.04. The van der Waals surface area contributed by atoms with Gasteiger partial charge in [-0.3, -0.25) is 4.79 Å². The van der Waals surface area contributed by atoms with E-state index in [1.165, 1.54) is 28.7 Å². The predicted octanol–water partition coefficient (Wildman–Crippen LogP) is 3.23. The second-order valence-corrected chi connectivity index (χ2v) is 9.12. The van der Waals surface area contributed by atoms with Gasteiger partial charge in [0.25, 0.3) is 0 Å². The van der Waals surface area contributed by atoms with E-state index >= 15 is 0 Å². The quantitative estimate of drug-likeness (QED) is 0.635. The standard InChI is InChI=1S/C17H21N3O3S3/c1-22-13-6-4-12(5-7-13)10-24-16-19-20-17(26-16)25-11-15(21)18-9-14-3-2-8-23-14/h4-7,14H,2-3,8-11H2,1H3,(H,18,21)/t14-/m0/s1. The fourth-order valence-electron chi connectivity index (χ4n) is 2.39. The Hall–Kier alpha value is -1.29. The van der Waals surface area contributed by atoms with Crippen molar-refractivity contribution in [2.24, 2.45) is 0 Å². The Balaban J connectivity index is 1.37. The highest BCUT2D eigenvalue weighted by Gasteiger charge is 2.16. The average Bonchev–Trinajstić information content (AvgIpc) is 3.35. The molecule has 2 heterocycles. The number of ether oxygens (including phenoxy) is 2. The van der Waals surface area contributed by atoms with Crippen LogP contribution in [0.1, 0.15) is 18.4 Å². The van der Waals surface area contributed by atoms with Gasteiger partial charge in [0, 0.05) is 18.9 Å². The van der Waals surface area contributed by atoms with E-state index in [0.29, 0.717) is 12.3 Å². The van der Waals surface area contributed by atoms with E-state index in [1.54, 1.807) is 18.9 Å². The SMILES string of the molecule is COc1ccc(CSc2nnc(SCC(=O)NC[C@@H]3CCCO3)s2)cc1. The molecule has 0 bridgehead atoms. The number of nitrogens with one attached hydrogen (secondary N) is 1. The summed E-state index contributed by atoms with van der Waals surface area (Å²) in [6, 6.07) is 7.99. The van der Waals surface area contributed by atoms with Crippen molar-refractivity contribution in [2.75, 3.05) is 26.0 Å². The van der Waals surface area contributed by atoms with Crippen LogP contribution >= 0.6 is 34.9 Å². The first-order valence-electron chi connectivity index (χ1n) is 8.33. The van der Waals surface area contributed by atoms with E-state index in [2.05, 4.69) is 15.5 Å². The van der Waals surface area contributed by atoms with Crippen LogP contribution in [0.4, 0.5) is 0 Å². The van der Waals surface area contributed by atoms with Crippen LogP contribution < -0.4 is 10.1 Å². The first-order chi connectivity index (χ1) is 12.7. The summed E-state index contributed by atoms with van der Waals surface area (Å²) in [7, 11) is 1.66. The Labute approximate surface area is 165 Å².